The zero-order chi connectivity index (χ0) is 9.26. The molecule has 5 heteroatoms. The zero-order valence-corrected chi connectivity index (χ0v) is 8.77. The van der Waals surface area contributed by atoms with Crippen molar-refractivity contribution < 1.29 is 9.47 Å². The van der Waals surface area contributed by atoms with Crippen molar-refractivity contribution in [1.29, 1.82) is 0 Å². The van der Waals surface area contributed by atoms with Crippen LogP contribution in [-0.4, -0.2) is 23.6 Å². The van der Waals surface area contributed by atoms with Crippen LogP contribution in [0.1, 0.15) is 17.0 Å². The number of halogens is 1. The molecule has 0 radical (unpaired) electrons. The Hall–Kier alpha value is -0.160. The maximum atomic E-state index is 5.64. The Morgan fingerprint density at radius 2 is 2.62 bits per heavy atom. The average molecular weight is 220 g/mol. The third kappa shape index (κ3) is 2.02. The van der Waals surface area contributed by atoms with Gasteiger partial charge in [-0.1, -0.05) is 0 Å². The minimum atomic E-state index is -0.303. The summed E-state index contributed by atoms with van der Waals surface area (Å²) in [5.74, 6) is 0.473. The Bertz CT molecular complexity index is 291. The second kappa shape index (κ2) is 3.92. The van der Waals surface area contributed by atoms with E-state index in [4.69, 9.17) is 21.1 Å². The molecular weight excluding hydrogens is 210 g/mol. The molecule has 2 atom stereocenters. The van der Waals surface area contributed by atoms with Crippen LogP contribution in [0, 0.1) is 6.92 Å². The lowest BCUT2D eigenvalue weighted by Gasteiger charge is -2.05. The molecule has 1 fully saturated rings. The second-order valence-corrected chi connectivity index (χ2v) is 4.10. The molecule has 1 aliphatic rings. The molecule has 0 amide bonds. The minimum absolute atomic E-state index is 0.0101. The lowest BCUT2D eigenvalue weighted by atomic mass is 10.4. The molecule has 1 aromatic rings. The third-order valence-electron chi connectivity index (χ3n) is 1.76. The molecule has 2 rings (SSSR count). The van der Waals surface area contributed by atoms with Crippen LogP contribution in [0.25, 0.3) is 0 Å². The van der Waals surface area contributed by atoms with Crippen LogP contribution < -0.4 is 0 Å². The molecule has 0 aromatic carbocycles. The van der Waals surface area contributed by atoms with Gasteiger partial charge < -0.3 is 9.47 Å². The van der Waals surface area contributed by atoms with Gasteiger partial charge in [0.2, 0.25) is 6.29 Å². The van der Waals surface area contributed by atoms with E-state index < -0.39 is 0 Å². The fraction of sp³-hybridized carbons (Fsp3) is 0.625. The first-order chi connectivity index (χ1) is 6.29. The van der Waals surface area contributed by atoms with E-state index in [2.05, 4.69) is 4.98 Å². The first-order valence-electron chi connectivity index (χ1n) is 4.04. The summed E-state index contributed by atoms with van der Waals surface area (Å²) in [5.41, 5.74) is 1.00. The standard InChI is InChI=1S/C8H10ClNO2S/c1-5-4-13-7(10-5)8-11-3-6(2-9)12-8/h4,6,8H,2-3H2,1H3. The fourth-order valence-electron chi connectivity index (χ4n) is 1.14. The molecule has 0 saturated carbocycles. The van der Waals surface area contributed by atoms with E-state index in [0.717, 1.165) is 10.7 Å². The van der Waals surface area contributed by atoms with E-state index in [1.165, 1.54) is 0 Å². The fourth-order valence-corrected chi connectivity index (χ4v) is 2.08. The molecule has 1 aliphatic heterocycles. The summed E-state index contributed by atoms with van der Waals surface area (Å²) >= 11 is 7.20. The lowest BCUT2D eigenvalue weighted by molar-refractivity contribution is -0.0568. The normalized spacial score (nSPS) is 28.2. The van der Waals surface area contributed by atoms with Crippen molar-refractivity contribution in [3.8, 4) is 0 Å². The van der Waals surface area contributed by atoms with Crippen molar-refractivity contribution in [1.82, 2.24) is 4.98 Å². The molecule has 0 bridgehead atoms. The van der Waals surface area contributed by atoms with Crippen LogP contribution >= 0.6 is 22.9 Å². The summed E-state index contributed by atoms with van der Waals surface area (Å²) in [6, 6.07) is 0. The monoisotopic (exact) mass is 219 g/mol. The summed E-state index contributed by atoms with van der Waals surface area (Å²) in [6.07, 6.45) is -0.293. The van der Waals surface area contributed by atoms with Crippen molar-refractivity contribution in [3.63, 3.8) is 0 Å². The first kappa shape index (κ1) is 9.40. The van der Waals surface area contributed by atoms with E-state index in [0.29, 0.717) is 12.5 Å². The van der Waals surface area contributed by atoms with Gasteiger partial charge in [-0.3, -0.25) is 0 Å². The molecule has 2 unspecified atom stereocenters. The van der Waals surface area contributed by atoms with Crippen LogP contribution in [0.2, 0.25) is 0 Å². The number of hydrogen-bond donors (Lipinski definition) is 0. The Labute approximate surface area is 85.6 Å². The van der Waals surface area contributed by atoms with Gasteiger partial charge in [0.25, 0.3) is 0 Å². The highest BCUT2D eigenvalue weighted by Gasteiger charge is 2.28. The van der Waals surface area contributed by atoms with Gasteiger partial charge in [0.15, 0.2) is 0 Å². The predicted octanol–water partition coefficient (Wildman–Crippen LogP) is 2.10. The number of rotatable bonds is 2. The molecule has 1 aromatic heterocycles. The number of aromatic nitrogens is 1. The van der Waals surface area contributed by atoms with Gasteiger partial charge in [-0.15, -0.1) is 22.9 Å². The lowest BCUT2D eigenvalue weighted by Crippen LogP contribution is -2.10. The van der Waals surface area contributed by atoms with Gasteiger partial charge in [0.1, 0.15) is 5.01 Å². The number of hydrogen-bond acceptors (Lipinski definition) is 4. The van der Waals surface area contributed by atoms with Crippen molar-refractivity contribution in [2.75, 3.05) is 12.5 Å². The Kier molecular flexibility index (Phi) is 2.83. The van der Waals surface area contributed by atoms with Crippen molar-refractivity contribution in [2.24, 2.45) is 0 Å². The van der Waals surface area contributed by atoms with E-state index in [9.17, 15) is 0 Å². The van der Waals surface area contributed by atoms with Gasteiger partial charge in [0, 0.05) is 11.1 Å². The summed E-state index contributed by atoms with van der Waals surface area (Å²) in [5, 5.41) is 2.86. The maximum absolute atomic E-state index is 5.64. The molecule has 72 valence electrons. The highest BCUT2D eigenvalue weighted by Crippen LogP contribution is 2.29. The van der Waals surface area contributed by atoms with Crippen molar-refractivity contribution in [2.45, 2.75) is 19.3 Å². The van der Waals surface area contributed by atoms with Crippen LogP contribution in [0.3, 0.4) is 0 Å². The van der Waals surface area contributed by atoms with Gasteiger partial charge >= 0.3 is 0 Å². The highest BCUT2D eigenvalue weighted by atomic mass is 35.5. The van der Waals surface area contributed by atoms with Gasteiger partial charge in [0.05, 0.1) is 18.6 Å². The van der Waals surface area contributed by atoms with Gasteiger partial charge in [-0.25, -0.2) is 4.98 Å². The van der Waals surface area contributed by atoms with Crippen LogP contribution in [-0.2, 0) is 9.47 Å². The SMILES string of the molecule is Cc1csc(C2OCC(CCl)O2)n1. The van der Waals surface area contributed by atoms with E-state index in [1.807, 2.05) is 12.3 Å². The molecule has 1 saturated heterocycles. The Morgan fingerprint density at radius 3 is 3.15 bits per heavy atom. The number of thiazole rings is 1. The molecule has 0 N–H and O–H groups in total. The molecule has 13 heavy (non-hydrogen) atoms. The third-order valence-corrected chi connectivity index (χ3v) is 3.09. The maximum Gasteiger partial charge on any atom is 0.211 e. The topological polar surface area (TPSA) is 31.4 Å². The van der Waals surface area contributed by atoms with E-state index in [1.54, 1.807) is 11.3 Å². The molecule has 2 heterocycles. The number of ether oxygens (including phenoxy) is 2. The summed E-state index contributed by atoms with van der Waals surface area (Å²) in [4.78, 5) is 4.29. The molecule has 0 aliphatic carbocycles. The zero-order valence-electron chi connectivity index (χ0n) is 7.20. The highest BCUT2D eigenvalue weighted by molar-refractivity contribution is 7.09. The van der Waals surface area contributed by atoms with Crippen molar-refractivity contribution in [3.05, 3.63) is 16.1 Å². The Balaban J connectivity index is 2.03. The van der Waals surface area contributed by atoms with Crippen LogP contribution in [0.15, 0.2) is 5.38 Å². The van der Waals surface area contributed by atoms with Crippen LogP contribution in [0.5, 0.6) is 0 Å². The molecular formula is C8H10ClNO2S. The number of aryl methyl sites for hydroxylation is 1. The Morgan fingerprint density at radius 1 is 1.77 bits per heavy atom. The van der Waals surface area contributed by atoms with Crippen LogP contribution in [0.4, 0.5) is 0 Å². The number of nitrogens with zero attached hydrogens (tertiary/aromatic N) is 1. The predicted molar refractivity (Wildman–Crippen MR) is 51.1 cm³/mol. The summed E-state index contributed by atoms with van der Waals surface area (Å²) < 4.78 is 10.9. The second-order valence-electron chi connectivity index (χ2n) is 2.90. The van der Waals surface area contributed by atoms with E-state index in [-0.39, 0.29) is 12.4 Å². The smallest absolute Gasteiger partial charge is 0.211 e. The largest absolute Gasteiger partial charge is 0.344 e. The number of alkyl halides is 1. The molecule has 0 spiro atoms. The van der Waals surface area contributed by atoms with E-state index >= 15 is 0 Å². The molecule has 3 nitrogen and oxygen atoms in total. The van der Waals surface area contributed by atoms with Gasteiger partial charge in [-0.05, 0) is 6.92 Å². The average Bonchev–Trinajstić information content (AvgIpc) is 2.71. The van der Waals surface area contributed by atoms with Crippen molar-refractivity contribution >= 4 is 22.9 Å². The van der Waals surface area contributed by atoms with Gasteiger partial charge in [-0.2, -0.15) is 0 Å². The summed E-state index contributed by atoms with van der Waals surface area (Å²) in [7, 11) is 0. The quantitative estimate of drug-likeness (QED) is 0.714. The minimum Gasteiger partial charge on any atom is -0.344 e. The summed E-state index contributed by atoms with van der Waals surface area (Å²) in [6.45, 7) is 2.51. The first-order valence-corrected chi connectivity index (χ1v) is 5.46.